The van der Waals surface area contributed by atoms with E-state index < -0.39 is 15.6 Å². The van der Waals surface area contributed by atoms with E-state index in [1.807, 2.05) is 19.9 Å². The van der Waals surface area contributed by atoms with Crippen LogP contribution in [0, 0.1) is 0 Å². The Bertz CT molecular complexity index is 1050. The fraction of sp³-hybridized carbons (Fsp3) is 0.250. The highest BCUT2D eigenvalue weighted by atomic mass is 32.2. The van der Waals surface area contributed by atoms with Crippen LogP contribution in [0.4, 0.5) is 5.69 Å². The van der Waals surface area contributed by atoms with Gasteiger partial charge in [-0.3, -0.25) is 13.9 Å². The Kier molecular flexibility index (Phi) is 4.15. The first-order chi connectivity index (χ1) is 11.4. The molecule has 1 aromatic carbocycles. The van der Waals surface area contributed by atoms with Gasteiger partial charge in [-0.15, -0.1) is 0 Å². The average molecular weight is 346 g/mol. The highest BCUT2D eigenvalue weighted by Gasteiger charge is 2.19. The summed E-state index contributed by atoms with van der Waals surface area (Å²) in [5.74, 6) is 0.582. The van der Waals surface area contributed by atoms with Crippen molar-refractivity contribution in [3.05, 3.63) is 58.3 Å². The van der Waals surface area contributed by atoms with Crippen molar-refractivity contribution < 1.29 is 8.42 Å². The molecule has 0 bridgehead atoms. The van der Waals surface area contributed by atoms with Gasteiger partial charge in [0, 0.05) is 18.3 Å². The lowest BCUT2D eigenvalue weighted by Gasteiger charge is -2.07. The standard InChI is InChI=1S/C16H18N4O3S/c1-3-11-6-5-7-12(8-11)19-24(22,23)13-9-14-16(21)18-17-15(4-2)20(14)10-13/h5-10,19H,3-4H2,1-2H3,(H,18,21). The number of nitrogens with one attached hydrogen (secondary N) is 2. The van der Waals surface area contributed by atoms with E-state index >= 15 is 0 Å². The monoisotopic (exact) mass is 346 g/mol. The lowest BCUT2D eigenvalue weighted by Crippen LogP contribution is -2.14. The predicted octanol–water partition coefficient (Wildman–Crippen LogP) is 1.95. The molecule has 0 saturated carbocycles. The Morgan fingerprint density at radius 3 is 2.71 bits per heavy atom. The quantitative estimate of drug-likeness (QED) is 0.738. The summed E-state index contributed by atoms with van der Waals surface area (Å²) >= 11 is 0. The molecule has 2 aromatic heterocycles. The van der Waals surface area contributed by atoms with E-state index in [2.05, 4.69) is 14.9 Å². The number of fused-ring (bicyclic) bond motifs is 1. The molecule has 126 valence electrons. The number of aromatic amines is 1. The van der Waals surface area contributed by atoms with Crippen LogP contribution in [0.25, 0.3) is 5.52 Å². The Morgan fingerprint density at radius 2 is 2.00 bits per heavy atom. The molecule has 0 aliphatic rings. The average Bonchev–Trinajstić information content (AvgIpc) is 3.02. The zero-order valence-corrected chi connectivity index (χ0v) is 14.2. The summed E-state index contributed by atoms with van der Waals surface area (Å²) in [5, 5.41) is 6.32. The second-order valence-electron chi connectivity index (χ2n) is 5.41. The van der Waals surface area contributed by atoms with Crippen molar-refractivity contribution >= 4 is 21.2 Å². The van der Waals surface area contributed by atoms with E-state index in [0.717, 1.165) is 12.0 Å². The largest absolute Gasteiger partial charge is 0.297 e. The lowest BCUT2D eigenvalue weighted by molar-refractivity contribution is 0.601. The lowest BCUT2D eigenvalue weighted by atomic mass is 10.1. The maximum atomic E-state index is 12.6. The summed E-state index contributed by atoms with van der Waals surface area (Å²) in [7, 11) is -3.79. The van der Waals surface area contributed by atoms with E-state index in [1.165, 1.54) is 16.7 Å². The fourth-order valence-corrected chi connectivity index (χ4v) is 3.58. The maximum absolute atomic E-state index is 12.6. The highest BCUT2D eigenvalue weighted by Crippen LogP contribution is 2.19. The van der Waals surface area contributed by atoms with Gasteiger partial charge in [0.25, 0.3) is 15.6 Å². The van der Waals surface area contributed by atoms with Crippen LogP contribution in [0.1, 0.15) is 25.2 Å². The van der Waals surface area contributed by atoms with E-state index in [4.69, 9.17) is 0 Å². The van der Waals surface area contributed by atoms with Crippen molar-refractivity contribution in [1.82, 2.24) is 14.6 Å². The van der Waals surface area contributed by atoms with Gasteiger partial charge < -0.3 is 0 Å². The molecular formula is C16H18N4O3S. The molecular weight excluding hydrogens is 328 g/mol. The molecule has 3 rings (SSSR count). The van der Waals surface area contributed by atoms with Gasteiger partial charge in [-0.05, 0) is 30.2 Å². The molecule has 0 amide bonds. The molecule has 2 heterocycles. The van der Waals surface area contributed by atoms with Gasteiger partial charge >= 0.3 is 0 Å². The summed E-state index contributed by atoms with van der Waals surface area (Å²) in [5.41, 5.74) is 1.35. The normalized spacial score (nSPS) is 11.8. The molecule has 0 unspecified atom stereocenters. The molecule has 3 aromatic rings. The van der Waals surface area contributed by atoms with Crippen molar-refractivity contribution in [3.8, 4) is 0 Å². The van der Waals surface area contributed by atoms with Crippen molar-refractivity contribution in [2.24, 2.45) is 0 Å². The van der Waals surface area contributed by atoms with Gasteiger partial charge in [-0.1, -0.05) is 26.0 Å². The molecule has 0 spiro atoms. The molecule has 7 nitrogen and oxygen atoms in total. The van der Waals surface area contributed by atoms with Crippen LogP contribution in [0.5, 0.6) is 0 Å². The number of sulfonamides is 1. The number of hydrogen-bond donors (Lipinski definition) is 2. The Balaban J connectivity index is 2.05. The summed E-state index contributed by atoms with van der Waals surface area (Å²) < 4.78 is 29.3. The van der Waals surface area contributed by atoms with Gasteiger partial charge in [-0.25, -0.2) is 13.5 Å². The molecule has 0 atom stereocenters. The van der Waals surface area contributed by atoms with Gasteiger partial charge in [-0.2, -0.15) is 5.10 Å². The molecule has 2 N–H and O–H groups in total. The third-order valence-electron chi connectivity index (χ3n) is 3.81. The van der Waals surface area contributed by atoms with Gasteiger partial charge in [0.05, 0.1) is 0 Å². The Hall–Kier alpha value is -2.61. The second-order valence-corrected chi connectivity index (χ2v) is 7.10. The predicted molar refractivity (Wildman–Crippen MR) is 91.8 cm³/mol. The summed E-state index contributed by atoms with van der Waals surface area (Å²) in [6.07, 6.45) is 2.79. The van der Waals surface area contributed by atoms with Gasteiger partial charge in [0.2, 0.25) is 0 Å². The number of nitrogens with zero attached hydrogens (tertiary/aromatic N) is 2. The summed E-state index contributed by atoms with van der Waals surface area (Å²) in [6, 6.07) is 8.57. The number of rotatable bonds is 5. The van der Waals surface area contributed by atoms with Crippen LogP contribution < -0.4 is 10.3 Å². The molecule has 8 heteroatoms. The minimum absolute atomic E-state index is 0.0256. The van der Waals surface area contributed by atoms with E-state index in [1.54, 1.807) is 18.2 Å². The minimum atomic E-state index is -3.79. The van der Waals surface area contributed by atoms with Crippen LogP contribution in [-0.2, 0) is 22.9 Å². The first-order valence-corrected chi connectivity index (χ1v) is 9.14. The molecule has 0 saturated heterocycles. The highest BCUT2D eigenvalue weighted by molar-refractivity contribution is 7.92. The molecule has 0 aliphatic carbocycles. The van der Waals surface area contributed by atoms with Crippen LogP contribution in [0.2, 0.25) is 0 Å². The maximum Gasteiger partial charge on any atom is 0.288 e. The van der Waals surface area contributed by atoms with Crippen LogP contribution >= 0.6 is 0 Å². The number of anilines is 1. The summed E-state index contributed by atoms with van der Waals surface area (Å²) in [6.45, 7) is 3.88. The number of benzene rings is 1. The number of H-pyrrole nitrogens is 1. The van der Waals surface area contributed by atoms with Gasteiger partial charge in [0.1, 0.15) is 16.2 Å². The van der Waals surface area contributed by atoms with Crippen molar-refractivity contribution in [2.45, 2.75) is 31.6 Å². The van der Waals surface area contributed by atoms with Crippen molar-refractivity contribution in [3.63, 3.8) is 0 Å². The molecule has 24 heavy (non-hydrogen) atoms. The van der Waals surface area contributed by atoms with Crippen LogP contribution in [0.3, 0.4) is 0 Å². The number of aryl methyl sites for hydroxylation is 2. The van der Waals surface area contributed by atoms with E-state index in [-0.39, 0.29) is 10.4 Å². The smallest absolute Gasteiger partial charge is 0.288 e. The number of aromatic nitrogens is 3. The molecule has 0 radical (unpaired) electrons. The molecule has 0 fully saturated rings. The van der Waals surface area contributed by atoms with E-state index in [0.29, 0.717) is 17.9 Å². The fourth-order valence-electron chi connectivity index (χ4n) is 2.52. The van der Waals surface area contributed by atoms with Crippen LogP contribution in [0.15, 0.2) is 46.2 Å². The Morgan fingerprint density at radius 1 is 1.21 bits per heavy atom. The van der Waals surface area contributed by atoms with Crippen molar-refractivity contribution in [1.29, 1.82) is 0 Å². The number of hydrogen-bond acceptors (Lipinski definition) is 4. The summed E-state index contributed by atoms with van der Waals surface area (Å²) in [4.78, 5) is 11.9. The zero-order valence-electron chi connectivity index (χ0n) is 13.4. The van der Waals surface area contributed by atoms with Crippen molar-refractivity contribution in [2.75, 3.05) is 4.72 Å². The first kappa shape index (κ1) is 16.3. The van der Waals surface area contributed by atoms with E-state index in [9.17, 15) is 13.2 Å². The third-order valence-corrected chi connectivity index (χ3v) is 5.15. The topological polar surface area (TPSA) is 96.3 Å². The minimum Gasteiger partial charge on any atom is -0.297 e. The zero-order chi connectivity index (χ0) is 17.3. The SMILES string of the molecule is CCc1cccc(NS(=O)(=O)c2cc3c(=O)[nH]nc(CC)n3c2)c1. The molecule has 0 aliphatic heterocycles. The van der Waals surface area contributed by atoms with Crippen LogP contribution in [-0.4, -0.2) is 23.0 Å². The third kappa shape index (κ3) is 2.92. The Labute approximate surface area is 139 Å². The van der Waals surface area contributed by atoms with Gasteiger partial charge in [0.15, 0.2) is 0 Å². The first-order valence-electron chi connectivity index (χ1n) is 7.66. The second kappa shape index (κ2) is 6.12.